The number of hydrogen-bond donors (Lipinski definition) is 1. The van der Waals surface area contributed by atoms with E-state index in [-0.39, 0.29) is 12.2 Å². The van der Waals surface area contributed by atoms with Crippen LogP contribution in [0.25, 0.3) is 0 Å². The fourth-order valence-corrected chi connectivity index (χ4v) is 3.41. The number of hydrogen-bond acceptors (Lipinski definition) is 6. The molecule has 0 atom stereocenters. The predicted octanol–water partition coefficient (Wildman–Crippen LogP) is 1.87. The summed E-state index contributed by atoms with van der Waals surface area (Å²) in [6.45, 7) is 5.74. The van der Waals surface area contributed by atoms with Gasteiger partial charge in [0.1, 0.15) is 5.75 Å². The Morgan fingerprint density at radius 2 is 2.04 bits per heavy atom. The lowest BCUT2D eigenvalue weighted by molar-refractivity contribution is 0.175. The Bertz CT molecular complexity index is 834. The van der Waals surface area contributed by atoms with Gasteiger partial charge in [0, 0.05) is 24.4 Å². The second-order valence-corrected chi connectivity index (χ2v) is 6.42. The van der Waals surface area contributed by atoms with Crippen LogP contribution in [-0.4, -0.2) is 46.5 Å². The Balaban J connectivity index is 2.14. The molecule has 1 aliphatic rings. The van der Waals surface area contributed by atoms with Crippen molar-refractivity contribution in [3.63, 3.8) is 0 Å². The smallest absolute Gasteiger partial charge is 0.259 e. The molecule has 0 spiro atoms. The van der Waals surface area contributed by atoms with Gasteiger partial charge in [0.15, 0.2) is 0 Å². The molecule has 26 heavy (non-hydrogen) atoms. The molecule has 140 valence electrons. The average molecular weight is 358 g/mol. The second-order valence-electron chi connectivity index (χ2n) is 6.42. The molecule has 0 aliphatic carbocycles. The predicted molar refractivity (Wildman–Crippen MR) is 101 cm³/mol. The zero-order chi connectivity index (χ0) is 18.7. The van der Waals surface area contributed by atoms with Crippen LogP contribution in [-0.2, 0) is 13.1 Å². The van der Waals surface area contributed by atoms with Crippen molar-refractivity contribution in [1.82, 2.24) is 14.5 Å². The first-order valence-corrected chi connectivity index (χ1v) is 8.94. The number of para-hydroxylation sites is 2. The van der Waals surface area contributed by atoms with Crippen molar-refractivity contribution in [2.75, 3.05) is 31.8 Å². The van der Waals surface area contributed by atoms with Gasteiger partial charge in [0.25, 0.3) is 5.56 Å². The molecule has 7 heteroatoms. The van der Waals surface area contributed by atoms with Gasteiger partial charge < -0.3 is 9.84 Å². The molecule has 0 fully saturated rings. The van der Waals surface area contributed by atoms with Gasteiger partial charge >= 0.3 is 0 Å². The lowest BCUT2D eigenvalue weighted by Crippen LogP contribution is -2.48. The fourth-order valence-electron chi connectivity index (χ4n) is 3.41. The highest BCUT2D eigenvalue weighted by Gasteiger charge is 2.28. The van der Waals surface area contributed by atoms with Gasteiger partial charge in [-0.1, -0.05) is 19.1 Å². The third kappa shape index (κ3) is 3.32. The lowest BCUT2D eigenvalue weighted by Gasteiger charge is -2.38. The molecule has 1 N–H and O–H groups in total. The highest BCUT2D eigenvalue weighted by molar-refractivity contribution is 5.66. The van der Waals surface area contributed by atoms with Crippen molar-refractivity contribution >= 4 is 11.6 Å². The monoisotopic (exact) mass is 358 g/mol. The second kappa shape index (κ2) is 7.88. The van der Waals surface area contributed by atoms with Crippen molar-refractivity contribution in [2.24, 2.45) is 0 Å². The summed E-state index contributed by atoms with van der Waals surface area (Å²) in [5, 5.41) is 9.19. The van der Waals surface area contributed by atoms with Gasteiger partial charge in [0.2, 0.25) is 5.95 Å². The van der Waals surface area contributed by atoms with E-state index in [9.17, 15) is 9.90 Å². The van der Waals surface area contributed by atoms with Crippen LogP contribution in [0.3, 0.4) is 0 Å². The van der Waals surface area contributed by atoms with E-state index >= 15 is 0 Å². The summed E-state index contributed by atoms with van der Waals surface area (Å²) in [4.78, 5) is 21.9. The number of methoxy groups -OCH3 is 1. The number of benzene rings is 1. The first kappa shape index (κ1) is 18.4. The van der Waals surface area contributed by atoms with Crippen molar-refractivity contribution < 1.29 is 9.84 Å². The minimum atomic E-state index is 0.00333. The van der Waals surface area contributed by atoms with Crippen LogP contribution >= 0.6 is 0 Å². The topological polar surface area (TPSA) is 70.8 Å². The zero-order valence-corrected chi connectivity index (χ0v) is 15.6. The molecule has 0 saturated carbocycles. The first-order chi connectivity index (χ1) is 12.6. The van der Waals surface area contributed by atoms with Crippen LogP contribution in [0.4, 0.5) is 11.6 Å². The molecule has 2 heterocycles. The van der Waals surface area contributed by atoms with Gasteiger partial charge in [-0.3, -0.25) is 19.2 Å². The van der Waals surface area contributed by atoms with Crippen LogP contribution in [0, 0.1) is 6.92 Å². The summed E-state index contributed by atoms with van der Waals surface area (Å²) in [5.41, 5.74) is 2.39. The lowest BCUT2D eigenvalue weighted by atomic mass is 10.2. The van der Waals surface area contributed by atoms with E-state index in [1.165, 1.54) is 0 Å². The highest BCUT2D eigenvalue weighted by atomic mass is 16.5. The molecule has 0 bridgehead atoms. The van der Waals surface area contributed by atoms with E-state index in [2.05, 4.69) is 4.90 Å². The molecule has 0 radical (unpaired) electrons. The Morgan fingerprint density at radius 1 is 1.27 bits per heavy atom. The van der Waals surface area contributed by atoms with E-state index in [0.717, 1.165) is 22.7 Å². The van der Waals surface area contributed by atoms with Gasteiger partial charge in [-0.25, -0.2) is 4.98 Å². The Labute approximate surface area is 153 Å². The number of anilines is 2. The Kier molecular flexibility index (Phi) is 5.58. The Hall–Kier alpha value is -2.38. The number of aliphatic hydroxyl groups is 1. The number of rotatable bonds is 6. The summed E-state index contributed by atoms with van der Waals surface area (Å²) in [7, 11) is 1.64. The normalized spacial score (nSPS) is 14.4. The van der Waals surface area contributed by atoms with E-state index in [1.807, 2.05) is 43.0 Å². The zero-order valence-electron chi connectivity index (χ0n) is 15.6. The minimum Gasteiger partial charge on any atom is -0.495 e. The maximum Gasteiger partial charge on any atom is 0.259 e. The van der Waals surface area contributed by atoms with Crippen LogP contribution in [0.15, 0.2) is 29.1 Å². The van der Waals surface area contributed by atoms with Crippen LogP contribution in [0.2, 0.25) is 0 Å². The largest absolute Gasteiger partial charge is 0.495 e. The average Bonchev–Trinajstić information content (AvgIpc) is 2.66. The maximum absolute atomic E-state index is 13.0. The van der Waals surface area contributed by atoms with Gasteiger partial charge in [0.05, 0.1) is 26.1 Å². The van der Waals surface area contributed by atoms with Gasteiger partial charge in [-0.15, -0.1) is 0 Å². The summed E-state index contributed by atoms with van der Waals surface area (Å²) >= 11 is 0. The van der Waals surface area contributed by atoms with Crippen molar-refractivity contribution in [2.45, 2.75) is 33.4 Å². The number of ether oxygens (including phenoxy) is 1. The quantitative estimate of drug-likeness (QED) is 0.850. The molecule has 0 amide bonds. The van der Waals surface area contributed by atoms with Crippen molar-refractivity contribution in [3.8, 4) is 5.75 Å². The first-order valence-electron chi connectivity index (χ1n) is 8.94. The highest BCUT2D eigenvalue weighted by Crippen LogP contribution is 2.34. The number of fused-ring (bicyclic) bond motifs is 1. The molecule has 3 rings (SSSR count). The molecule has 2 aromatic rings. The number of aromatic nitrogens is 2. The van der Waals surface area contributed by atoms with Crippen LogP contribution < -0.4 is 15.2 Å². The summed E-state index contributed by atoms with van der Waals surface area (Å²) in [5.74, 6) is 1.36. The Morgan fingerprint density at radius 3 is 2.73 bits per heavy atom. The number of aliphatic hydroxyl groups excluding tert-OH is 1. The van der Waals surface area contributed by atoms with Gasteiger partial charge in [-0.05, 0) is 31.9 Å². The standard InChI is InChI=1S/C19H26N4O3/c1-4-15-14(2)20-19-22(16-8-5-6-9-17(16)26-3)12-21(10-7-11-24)13-23(19)18(15)25/h5-6,8-9,24H,4,7,10-13H2,1-3H3. The maximum atomic E-state index is 13.0. The molecular weight excluding hydrogens is 332 g/mol. The summed E-state index contributed by atoms with van der Waals surface area (Å²) < 4.78 is 7.24. The van der Waals surface area contributed by atoms with Gasteiger partial charge in [-0.2, -0.15) is 0 Å². The van der Waals surface area contributed by atoms with Crippen molar-refractivity contribution in [1.29, 1.82) is 0 Å². The molecule has 7 nitrogen and oxygen atoms in total. The third-order valence-corrected chi connectivity index (χ3v) is 4.74. The molecule has 0 unspecified atom stereocenters. The SMILES string of the molecule is CCc1c(C)nc2n(c1=O)CN(CCCO)CN2c1ccccc1OC. The molecule has 1 aromatic heterocycles. The van der Waals surface area contributed by atoms with Crippen molar-refractivity contribution in [3.05, 3.63) is 45.9 Å². The molecular formula is C19H26N4O3. The minimum absolute atomic E-state index is 0.00333. The summed E-state index contributed by atoms with van der Waals surface area (Å²) in [6, 6.07) is 7.73. The molecule has 0 saturated heterocycles. The third-order valence-electron chi connectivity index (χ3n) is 4.74. The number of aryl methyl sites for hydroxylation is 1. The fraction of sp³-hybridized carbons (Fsp3) is 0.474. The van der Waals surface area contributed by atoms with Crippen LogP contribution in [0.5, 0.6) is 5.75 Å². The molecule has 1 aromatic carbocycles. The van der Waals surface area contributed by atoms with E-state index < -0.39 is 0 Å². The van der Waals surface area contributed by atoms with E-state index in [0.29, 0.717) is 38.7 Å². The van der Waals surface area contributed by atoms with Crippen LogP contribution in [0.1, 0.15) is 24.6 Å². The number of nitrogens with zero attached hydrogens (tertiary/aromatic N) is 4. The van der Waals surface area contributed by atoms with E-state index in [1.54, 1.807) is 11.7 Å². The van der Waals surface area contributed by atoms with E-state index in [4.69, 9.17) is 9.72 Å². The molecule has 1 aliphatic heterocycles. The summed E-state index contributed by atoms with van der Waals surface area (Å²) in [6.07, 6.45) is 1.31.